The van der Waals surface area contributed by atoms with E-state index in [4.69, 9.17) is 4.74 Å². The SMILES string of the molecule is C=CCCC(NC(=O)OCC1c2ccccc2-c2ccccc21)C(=O)N1CCC[C@H]1CC(=O)O. The fourth-order valence-electron chi connectivity index (χ4n) is 5.06. The Bertz CT molecular complexity index is 1040. The number of aliphatic carboxylic acids is 1. The van der Waals surface area contributed by atoms with Crippen molar-refractivity contribution in [2.75, 3.05) is 13.2 Å². The fourth-order valence-corrected chi connectivity index (χ4v) is 5.06. The molecule has 1 saturated heterocycles. The lowest BCUT2D eigenvalue weighted by Gasteiger charge is -2.28. The fraction of sp³-hybridized carbons (Fsp3) is 0.370. The molecule has 0 spiro atoms. The van der Waals surface area contributed by atoms with Crippen molar-refractivity contribution in [2.45, 2.75) is 50.1 Å². The number of carbonyl (C=O) groups excluding carboxylic acids is 2. The third kappa shape index (κ3) is 4.98. The smallest absolute Gasteiger partial charge is 0.407 e. The van der Waals surface area contributed by atoms with Gasteiger partial charge in [-0.3, -0.25) is 9.59 Å². The number of benzene rings is 2. The van der Waals surface area contributed by atoms with Crippen molar-refractivity contribution < 1.29 is 24.2 Å². The maximum atomic E-state index is 13.2. The van der Waals surface area contributed by atoms with E-state index in [1.165, 1.54) is 0 Å². The minimum absolute atomic E-state index is 0.0704. The molecule has 0 saturated carbocycles. The molecule has 178 valence electrons. The number of hydrogen-bond acceptors (Lipinski definition) is 4. The van der Waals surface area contributed by atoms with Gasteiger partial charge < -0.3 is 20.1 Å². The van der Waals surface area contributed by atoms with Crippen LogP contribution in [0.25, 0.3) is 11.1 Å². The zero-order valence-corrected chi connectivity index (χ0v) is 19.1. The number of fused-ring (bicyclic) bond motifs is 3. The molecule has 0 radical (unpaired) electrons. The quantitative estimate of drug-likeness (QED) is 0.541. The van der Waals surface area contributed by atoms with E-state index in [-0.39, 0.29) is 30.9 Å². The summed E-state index contributed by atoms with van der Waals surface area (Å²) in [5, 5.41) is 11.9. The highest BCUT2D eigenvalue weighted by Crippen LogP contribution is 2.44. The molecule has 2 aromatic carbocycles. The zero-order chi connectivity index (χ0) is 24.1. The van der Waals surface area contributed by atoms with E-state index in [9.17, 15) is 19.5 Å². The lowest BCUT2D eigenvalue weighted by atomic mass is 9.98. The largest absolute Gasteiger partial charge is 0.481 e. The molecule has 0 aromatic heterocycles. The number of hydrogen-bond donors (Lipinski definition) is 2. The van der Waals surface area contributed by atoms with Crippen LogP contribution < -0.4 is 5.32 Å². The van der Waals surface area contributed by atoms with Gasteiger partial charge in [0, 0.05) is 18.5 Å². The standard InChI is InChI=1S/C27H30N2O5/c1-2-3-14-24(26(32)29-15-8-9-18(29)16-25(30)31)28-27(33)34-17-23-21-12-6-4-10-19(21)20-11-5-7-13-22(20)23/h2,4-7,10-13,18,23-24H,1,3,8-9,14-17H2,(H,28,33)(H,30,31)/t18-,24?/m0/s1. The van der Waals surface area contributed by atoms with Crippen LogP contribution in [-0.4, -0.2) is 53.2 Å². The summed E-state index contributed by atoms with van der Waals surface area (Å²) in [7, 11) is 0. The molecule has 0 bridgehead atoms. The molecule has 1 aliphatic carbocycles. The van der Waals surface area contributed by atoms with Gasteiger partial charge in [-0.2, -0.15) is 0 Å². The maximum absolute atomic E-state index is 13.2. The van der Waals surface area contributed by atoms with Crippen LogP contribution in [0.5, 0.6) is 0 Å². The molecule has 1 unspecified atom stereocenters. The second-order valence-electron chi connectivity index (χ2n) is 8.81. The molecule has 7 nitrogen and oxygen atoms in total. The highest BCUT2D eigenvalue weighted by Gasteiger charge is 2.35. The second kappa shape index (κ2) is 10.5. The molecule has 2 amide bonds. The number of carboxylic acid groups (broad SMARTS) is 1. The minimum atomic E-state index is -0.933. The van der Waals surface area contributed by atoms with Gasteiger partial charge >= 0.3 is 12.1 Å². The lowest BCUT2D eigenvalue weighted by Crippen LogP contribution is -2.50. The molecule has 1 fully saturated rings. The van der Waals surface area contributed by atoms with Gasteiger partial charge in [-0.1, -0.05) is 54.6 Å². The number of likely N-dealkylation sites (tertiary alicyclic amines) is 1. The molecule has 2 aromatic rings. The molecule has 4 rings (SSSR count). The van der Waals surface area contributed by atoms with Crippen LogP contribution >= 0.6 is 0 Å². The van der Waals surface area contributed by atoms with E-state index in [2.05, 4.69) is 24.0 Å². The van der Waals surface area contributed by atoms with Crippen LogP contribution in [0.3, 0.4) is 0 Å². The van der Waals surface area contributed by atoms with E-state index in [1.54, 1.807) is 11.0 Å². The number of ether oxygens (including phenoxy) is 1. The summed E-state index contributed by atoms with van der Waals surface area (Å²) in [5.74, 6) is -1.27. The first-order chi connectivity index (χ1) is 16.5. The van der Waals surface area contributed by atoms with E-state index in [0.29, 0.717) is 25.8 Å². The molecular formula is C27H30N2O5. The van der Waals surface area contributed by atoms with E-state index < -0.39 is 18.1 Å². The first kappa shape index (κ1) is 23.5. The molecule has 2 aliphatic rings. The van der Waals surface area contributed by atoms with Gasteiger partial charge in [-0.15, -0.1) is 6.58 Å². The first-order valence-corrected chi connectivity index (χ1v) is 11.7. The van der Waals surface area contributed by atoms with Gasteiger partial charge in [0.2, 0.25) is 5.91 Å². The maximum Gasteiger partial charge on any atom is 0.407 e. The highest BCUT2D eigenvalue weighted by atomic mass is 16.5. The molecule has 1 heterocycles. The predicted octanol–water partition coefficient (Wildman–Crippen LogP) is 4.33. The number of nitrogens with one attached hydrogen (secondary N) is 1. The van der Waals surface area contributed by atoms with Gasteiger partial charge in [0.15, 0.2) is 0 Å². The Morgan fingerprint density at radius 2 is 1.76 bits per heavy atom. The molecule has 1 aliphatic heterocycles. The van der Waals surface area contributed by atoms with Gasteiger partial charge in [0.1, 0.15) is 12.6 Å². The molecular weight excluding hydrogens is 432 g/mol. The van der Waals surface area contributed by atoms with Gasteiger partial charge in [0.05, 0.1) is 6.42 Å². The lowest BCUT2D eigenvalue weighted by molar-refractivity contribution is -0.140. The molecule has 2 atom stereocenters. The van der Waals surface area contributed by atoms with E-state index in [1.807, 2.05) is 36.4 Å². The molecule has 7 heteroatoms. The molecule has 34 heavy (non-hydrogen) atoms. The van der Waals surface area contributed by atoms with Gasteiger partial charge in [0.25, 0.3) is 0 Å². The van der Waals surface area contributed by atoms with E-state index in [0.717, 1.165) is 28.7 Å². The summed E-state index contributed by atoms with van der Waals surface area (Å²) in [6, 6.07) is 15.1. The zero-order valence-electron chi connectivity index (χ0n) is 19.1. The average Bonchev–Trinajstić information content (AvgIpc) is 3.42. The number of amides is 2. The number of carboxylic acids is 1. The van der Waals surface area contributed by atoms with Crippen molar-refractivity contribution in [1.82, 2.24) is 10.2 Å². The predicted molar refractivity (Wildman–Crippen MR) is 128 cm³/mol. The number of alkyl carbamates (subject to hydrolysis) is 1. The van der Waals surface area contributed by atoms with Crippen molar-refractivity contribution in [3.05, 3.63) is 72.3 Å². The average molecular weight is 463 g/mol. The summed E-state index contributed by atoms with van der Waals surface area (Å²) < 4.78 is 5.61. The Labute approximate surface area is 199 Å². The van der Waals surface area contributed by atoms with Crippen LogP contribution in [-0.2, 0) is 14.3 Å². The molecule has 2 N–H and O–H groups in total. The summed E-state index contributed by atoms with van der Waals surface area (Å²) in [4.78, 5) is 38.7. The summed E-state index contributed by atoms with van der Waals surface area (Å²) >= 11 is 0. The Balaban J connectivity index is 1.42. The van der Waals surface area contributed by atoms with Crippen molar-refractivity contribution in [3.8, 4) is 11.1 Å². The second-order valence-corrected chi connectivity index (χ2v) is 8.81. The third-order valence-corrected chi connectivity index (χ3v) is 6.66. The highest BCUT2D eigenvalue weighted by molar-refractivity contribution is 5.86. The van der Waals surface area contributed by atoms with Crippen molar-refractivity contribution in [3.63, 3.8) is 0 Å². The third-order valence-electron chi connectivity index (χ3n) is 6.66. The van der Waals surface area contributed by atoms with Crippen molar-refractivity contribution in [2.24, 2.45) is 0 Å². The first-order valence-electron chi connectivity index (χ1n) is 11.7. The monoisotopic (exact) mass is 462 g/mol. The Hall–Kier alpha value is -3.61. The summed E-state index contributed by atoms with van der Waals surface area (Å²) in [5.41, 5.74) is 4.52. The van der Waals surface area contributed by atoms with Gasteiger partial charge in [-0.25, -0.2) is 4.79 Å². The van der Waals surface area contributed by atoms with Gasteiger partial charge in [-0.05, 0) is 47.9 Å². The van der Waals surface area contributed by atoms with Crippen LogP contribution in [0.1, 0.15) is 49.1 Å². The normalized spacial score (nSPS) is 17.5. The van der Waals surface area contributed by atoms with E-state index >= 15 is 0 Å². The Morgan fingerprint density at radius 3 is 2.38 bits per heavy atom. The topological polar surface area (TPSA) is 95.9 Å². The van der Waals surface area contributed by atoms with Crippen LogP contribution in [0.15, 0.2) is 61.2 Å². The number of carbonyl (C=O) groups is 3. The number of rotatable bonds is 9. The Kier molecular flexibility index (Phi) is 7.30. The number of nitrogens with zero attached hydrogens (tertiary/aromatic N) is 1. The Morgan fingerprint density at radius 1 is 1.12 bits per heavy atom. The van der Waals surface area contributed by atoms with Crippen LogP contribution in [0.4, 0.5) is 4.79 Å². The summed E-state index contributed by atoms with van der Waals surface area (Å²) in [6.45, 7) is 4.36. The van der Waals surface area contributed by atoms with Crippen molar-refractivity contribution >= 4 is 18.0 Å². The van der Waals surface area contributed by atoms with Crippen LogP contribution in [0.2, 0.25) is 0 Å². The van der Waals surface area contributed by atoms with Crippen molar-refractivity contribution in [1.29, 1.82) is 0 Å². The van der Waals surface area contributed by atoms with Crippen LogP contribution in [0, 0.1) is 0 Å². The minimum Gasteiger partial charge on any atom is -0.481 e. The summed E-state index contributed by atoms with van der Waals surface area (Å²) in [6.07, 6.45) is 3.27. The number of allylic oxidation sites excluding steroid dienone is 1.